The van der Waals surface area contributed by atoms with Gasteiger partial charge in [-0.2, -0.15) is 0 Å². The zero-order chi connectivity index (χ0) is 94.3. The van der Waals surface area contributed by atoms with E-state index in [1.54, 1.807) is 0 Å². The van der Waals surface area contributed by atoms with Gasteiger partial charge in [0.2, 0.25) is 0 Å². The summed E-state index contributed by atoms with van der Waals surface area (Å²) in [5.41, 5.74) is 35.8. The average Bonchev–Trinajstić information content (AvgIpc) is 1.65. The van der Waals surface area contributed by atoms with Gasteiger partial charge in [-0.05, 0) is 209 Å². The predicted molar refractivity (Wildman–Crippen MR) is 575 cm³/mol. The molecule has 27 rings (SSSR count). The number of para-hydroxylation sites is 5. The highest BCUT2D eigenvalue weighted by molar-refractivity contribution is 6.18. The minimum atomic E-state index is -0.133. The Morgan fingerprint density at radius 3 is 1.14 bits per heavy atom. The van der Waals surface area contributed by atoms with Gasteiger partial charge in [-0.1, -0.05) is 356 Å². The summed E-state index contributed by atoms with van der Waals surface area (Å²) < 4.78 is 32.8. The molecule has 0 radical (unpaired) electrons. The third-order valence-corrected chi connectivity index (χ3v) is 32.1. The number of aromatic nitrogens is 3. The van der Waals surface area contributed by atoms with Gasteiger partial charge in [-0.3, -0.25) is 0 Å². The summed E-state index contributed by atoms with van der Waals surface area (Å²) in [7, 11) is 0. The van der Waals surface area contributed by atoms with Crippen molar-refractivity contribution in [3.05, 3.63) is 428 Å². The largest absolute Gasteiger partial charge is 0.456 e. The van der Waals surface area contributed by atoms with Gasteiger partial charge in [0, 0.05) is 116 Å². The molecule has 6 aromatic heterocycles. The maximum Gasteiger partial charge on any atom is 0.164 e. The molecule has 3 aliphatic rings. The molecule has 0 unspecified atom stereocenters. The van der Waals surface area contributed by atoms with Gasteiger partial charge in [0.1, 0.15) is 50.2 Å². The van der Waals surface area contributed by atoms with Crippen molar-refractivity contribution in [2.24, 2.45) is 0 Å². The molecule has 0 N–H and O–H groups in total. The SMILES string of the molecule is CC1(C)c2ccccc2-c2c(ccc3c2oc2c(N(c4ccccc4)c4ccc5c(c4)oc4ccccc45)cccc23)C1(C)C.CC1(C)c2ccccc2-c2c(ccc3oc4ccc(N(c5ccccc5)c5ccc6c(c5)oc5ccccc56)cc4c23)C1(C)C.CC1(C)c2ccccc2-c2ccc3oc4ccc(-c5ccc(-c6nc(-c7ccccc7)nc(-c7ccccc7)n6)cc5)cc4c3c2C1(C)C. The summed E-state index contributed by atoms with van der Waals surface area (Å²) in [5.74, 6) is 1.96. The third kappa shape index (κ3) is 13.1. The van der Waals surface area contributed by atoms with Crippen molar-refractivity contribution in [1.82, 2.24) is 15.0 Å². The lowest BCUT2D eigenvalue weighted by molar-refractivity contribution is 0.299. The number of benzene rings is 18. The molecule has 0 spiro atoms. The van der Waals surface area contributed by atoms with Crippen LogP contribution in [0.2, 0.25) is 0 Å². The summed E-state index contributed by atoms with van der Waals surface area (Å²) in [5, 5.41) is 11.4. The van der Waals surface area contributed by atoms with Crippen molar-refractivity contribution in [2.45, 2.75) is 116 Å². The number of fused-ring (bicyclic) bond motifs is 27. The van der Waals surface area contributed by atoms with Crippen LogP contribution in [0.1, 0.15) is 116 Å². The molecule has 0 fully saturated rings. The van der Waals surface area contributed by atoms with Gasteiger partial charge >= 0.3 is 0 Å². The first-order valence-corrected chi connectivity index (χ1v) is 48.3. The Morgan fingerprint density at radius 2 is 0.561 bits per heavy atom. The van der Waals surface area contributed by atoms with Crippen LogP contribution in [0.15, 0.2) is 416 Å². The molecule has 672 valence electrons. The zero-order valence-corrected chi connectivity index (χ0v) is 79.8. The zero-order valence-electron chi connectivity index (χ0n) is 79.8. The monoisotopic (exact) mass is 1800 g/mol. The number of anilines is 6. The van der Waals surface area contributed by atoms with Gasteiger partial charge in [-0.15, -0.1) is 0 Å². The van der Waals surface area contributed by atoms with Crippen LogP contribution >= 0.6 is 0 Å². The highest BCUT2D eigenvalue weighted by atomic mass is 16.3. The standard InChI is InChI=1S/C45H35N3O.2C42H33NO2/c1-44(2)36-18-12-11-17-33(36)34-24-26-38-39(40(34)45(44,3)4)35-27-32(23-25-37(35)49-38)28-19-21-31(22-20-28)43-47-41(29-13-7-5-8-14-29)46-42(48-43)30-15-9-6-10-16-30;1-41(2)33-18-10-8-16-32(33)38-34(42(41,3)4)24-23-31-30-17-12-19-35(39(30)45-40(31)38)43(26-13-6-5-7-14-26)27-21-22-29-28-15-9-11-20-36(28)44-37(29)25-27;1-41(2)33-16-10-8-15-31(33)39-34(42(41,3)4)21-23-37-40(39)32-24-27(19-22-36(32)44-37)43(26-12-6-5-7-13-26)28-18-20-30-29-14-9-11-17-35(29)45-38(30)25-28/h5-27H,1-4H3;2*5-25H,1-4H3. The summed E-state index contributed by atoms with van der Waals surface area (Å²) in [4.78, 5) is 19.3. The highest BCUT2D eigenvalue weighted by Gasteiger charge is 2.50. The van der Waals surface area contributed by atoms with E-state index < -0.39 is 0 Å². The molecule has 6 heterocycles. The predicted octanol–water partition coefficient (Wildman–Crippen LogP) is 36.1. The van der Waals surface area contributed by atoms with Crippen LogP contribution in [0.3, 0.4) is 0 Å². The molecular weight excluding hydrogens is 1700 g/mol. The van der Waals surface area contributed by atoms with E-state index in [2.05, 4.69) is 402 Å². The van der Waals surface area contributed by atoms with Crippen molar-refractivity contribution in [2.75, 3.05) is 9.80 Å². The molecule has 0 amide bonds. The molecule has 18 aromatic carbocycles. The molecule has 0 bridgehead atoms. The van der Waals surface area contributed by atoms with Crippen LogP contribution in [0.5, 0.6) is 0 Å². The Hall–Kier alpha value is -16.4. The fourth-order valence-corrected chi connectivity index (χ4v) is 22.8. The van der Waals surface area contributed by atoms with Crippen molar-refractivity contribution < 1.29 is 22.1 Å². The Morgan fingerprint density at radius 1 is 0.194 bits per heavy atom. The topological polar surface area (TPSA) is 111 Å². The molecule has 0 saturated carbocycles. The first-order chi connectivity index (χ1) is 67.5. The summed E-state index contributed by atoms with van der Waals surface area (Å²) in [6.07, 6.45) is 0. The lowest BCUT2D eigenvalue weighted by atomic mass is 9.55. The lowest BCUT2D eigenvalue weighted by Gasteiger charge is -2.48. The fourth-order valence-electron chi connectivity index (χ4n) is 22.8. The first kappa shape index (κ1) is 84.3. The molecule has 24 aromatic rings. The van der Waals surface area contributed by atoms with Crippen LogP contribution in [0.25, 0.3) is 188 Å². The second kappa shape index (κ2) is 31.6. The number of rotatable bonds is 10. The second-order valence-electron chi connectivity index (χ2n) is 40.8. The maximum atomic E-state index is 7.09. The second-order valence-corrected chi connectivity index (χ2v) is 40.8. The number of nitrogens with zero attached hydrogens (tertiary/aromatic N) is 5. The summed E-state index contributed by atoms with van der Waals surface area (Å²) in [6.45, 7) is 28.5. The first-order valence-electron chi connectivity index (χ1n) is 48.3. The van der Waals surface area contributed by atoms with E-state index in [0.717, 1.165) is 161 Å². The van der Waals surface area contributed by atoms with Crippen LogP contribution < -0.4 is 9.80 Å². The van der Waals surface area contributed by atoms with Crippen LogP contribution in [-0.2, 0) is 32.5 Å². The smallest absolute Gasteiger partial charge is 0.164 e. The molecule has 10 heteroatoms. The molecule has 0 saturated heterocycles. The van der Waals surface area contributed by atoms with Gasteiger partial charge in [0.15, 0.2) is 23.1 Å². The van der Waals surface area contributed by atoms with E-state index >= 15 is 0 Å². The minimum absolute atomic E-state index is 0.0334. The summed E-state index contributed by atoms with van der Waals surface area (Å²) in [6, 6.07) is 139. The number of hydrogen-bond donors (Lipinski definition) is 0. The Kier molecular flexibility index (Phi) is 19.2. The third-order valence-electron chi connectivity index (χ3n) is 32.1. The van der Waals surface area contributed by atoms with Crippen LogP contribution in [-0.4, -0.2) is 15.0 Å². The van der Waals surface area contributed by atoms with E-state index in [4.69, 9.17) is 37.0 Å². The molecule has 139 heavy (non-hydrogen) atoms. The Labute approximate surface area is 807 Å². The minimum Gasteiger partial charge on any atom is -0.456 e. The molecule has 0 aliphatic heterocycles. The van der Waals surface area contributed by atoms with Crippen molar-refractivity contribution in [3.63, 3.8) is 0 Å². The maximum absolute atomic E-state index is 7.09. The van der Waals surface area contributed by atoms with E-state index in [-0.39, 0.29) is 32.5 Å². The van der Waals surface area contributed by atoms with Crippen molar-refractivity contribution >= 4 is 144 Å². The molecule has 10 nitrogen and oxygen atoms in total. The number of furan rings is 5. The fraction of sp³-hybridized carbons (Fsp3) is 0.140. The molecular formula is C129H101N5O5. The lowest BCUT2D eigenvalue weighted by Crippen LogP contribution is -2.43. The highest BCUT2D eigenvalue weighted by Crippen LogP contribution is 2.62. The van der Waals surface area contributed by atoms with Gasteiger partial charge in [0.05, 0.1) is 11.4 Å². The van der Waals surface area contributed by atoms with Gasteiger partial charge in [0.25, 0.3) is 0 Å². The van der Waals surface area contributed by atoms with E-state index in [1.807, 2.05) is 84.9 Å². The van der Waals surface area contributed by atoms with Crippen molar-refractivity contribution in [1.29, 1.82) is 0 Å². The van der Waals surface area contributed by atoms with Crippen LogP contribution in [0, 0.1) is 0 Å². The molecule has 3 aliphatic carbocycles. The van der Waals surface area contributed by atoms with Gasteiger partial charge < -0.3 is 31.9 Å². The van der Waals surface area contributed by atoms with E-state index in [9.17, 15) is 0 Å². The Balaban J connectivity index is 0.000000110. The number of hydrogen-bond acceptors (Lipinski definition) is 10. The molecule has 0 atom stereocenters. The summed E-state index contributed by atoms with van der Waals surface area (Å²) >= 11 is 0. The van der Waals surface area contributed by atoms with E-state index in [1.165, 1.54) is 77.5 Å². The van der Waals surface area contributed by atoms with Crippen molar-refractivity contribution in [3.8, 4) is 78.7 Å². The normalized spacial score (nSPS) is 14.8. The van der Waals surface area contributed by atoms with Crippen LogP contribution in [0.4, 0.5) is 34.1 Å². The van der Waals surface area contributed by atoms with E-state index in [0.29, 0.717) is 17.5 Å². The van der Waals surface area contributed by atoms with Gasteiger partial charge in [-0.25, -0.2) is 15.0 Å². The quantitative estimate of drug-likeness (QED) is 0.131. The Bertz CT molecular complexity index is 9020. The average molecular weight is 1800 g/mol.